The molecule has 2 heterocycles. The number of rotatable bonds is 4. The SMILES string of the molecule is CC(=O)C1CCCN1C(=O)CNC(=O)C1CC(O)CN1C. The summed E-state index contributed by atoms with van der Waals surface area (Å²) in [5.74, 6) is -0.478. The first kappa shape index (κ1) is 15.9. The van der Waals surface area contributed by atoms with Crippen LogP contribution in [0.2, 0.25) is 0 Å². The number of aliphatic hydroxyl groups excluding tert-OH is 1. The summed E-state index contributed by atoms with van der Waals surface area (Å²) in [4.78, 5) is 39.0. The van der Waals surface area contributed by atoms with Crippen molar-refractivity contribution in [2.75, 3.05) is 26.7 Å². The third-order valence-electron chi connectivity index (χ3n) is 4.29. The molecule has 2 aliphatic rings. The zero-order valence-corrected chi connectivity index (χ0v) is 12.5. The first-order chi connectivity index (χ1) is 9.90. The molecule has 0 aromatic rings. The Morgan fingerprint density at radius 1 is 1.29 bits per heavy atom. The largest absolute Gasteiger partial charge is 0.392 e. The average Bonchev–Trinajstić information content (AvgIpc) is 3.02. The Hall–Kier alpha value is -1.47. The Morgan fingerprint density at radius 3 is 2.57 bits per heavy atom. The minimum atomic E-state index is -0.498. The van der Waals surface area contributed by atoms with Crippen molar-refractivity contribution < 1.29 is 19.5 Å². The zero-order chi connectivity index (χ0) is 15.6. The van der Waals surface area contributed by atoms with Crippen LogP contribution < -0.4 is 5.32 Å². The van der Waals surface area contributed by atoms with Crippen LogP contribution >= 0.6 is 0 Å². The molecule has 2 fully saturated rings. The van der Waals surface area contributed by atoms with Crippen molar-refractivity contribution in [2.24, 2.45) is 0 Å². The zero-order valence-electron chi connectivity index (χ0n) is 12.5. The number of Topliss-reactive ketones (excluding diaryl/α,β-unsaturated/α-hetero) is 1. The van der Waals surface area contributed by atoms with Gasteiger partial charge in [-0.15, -0.1) is 0 Å². The highest BCUT2D eigenvalue weighted by atomic mass is 16.3. The van der Waals surface area contributed by atoms with E-state index in [1.807, 2.05) is 0 Å². The van der Waals surface area contributed by atoms with E-state index in [1.54, 1.807) is 16.8 Å². The highest BCUT2D eigenvalue weighted by molar-refractivity contribution is 5.91. The molecule has 2 N–H and O–H groups in total. The summed E-state index contributed by atoms with van der Waals surface area (Å²) >= 11 is 0. The second-order valence-corrected chi connectivity index (χ2v) is 5.92. The standard InChI is InChI=1S/C14H23N3O4/c1-9(18)11-4-3-5-17(11)13(20)7-15-14(21)12-6-10(19)8-16(12)2/h10-12,19H,3-8H2,1-2H3,(H,15,21). The van der Waals surface area contributed by atoms with Crippen molar-refractivity contribution in [1.82, 2.24) is 15.1 Å². The summed E-state index contributed by atoms with van der Waals surface area (Å²) in [6.07, 6.45) is 1.41. The number of carbonyl (C=O) groups excluding carboxylic acids is 3. The molecule has 0 aromatic heterocycles. The summed E-state index contributed by atoms with van der Waals surface area (Å²) < 4.78 is 0. The lowest BCUT2D eigenvalue weighted by atomic mass is 10.1. The first-order valence-corrected chi connectivity index (χ1v) is 7.36. The number of amides is 2. The van der Waals surface area contributed by atoms with E-state index in [0.717, 1.165) is 6.42 Å². The second kappa shape index (κ2) is 6.53. The van der Waals surface area contributed by atoms with Crippen molar-refractivity contribution in [3.05, 3.63) is 0 Å². The molecule has 2 rings (SSSR count). The minimum Gasteiger partial charge on any atom is -0.392 e. The smallest absolute Gasteiger partial charge is 0.242 e. The van der Waals surface area contributed by atoms with Crippen molar-refractivity contribution in [1.29, 1.82) is 0 Å². The Bertz CT molecular complexity index is 440. The van der Waals surface area contributed by atoms with Crippen LogP contribution in [0.15, 0.2) is 0 Å². The fourth-order valence-corrected chi connectivity index (χ4v) is 3.15. The van der Waals surface area contributed by atoms with Gasteiger partial charge < -0.3 is 15.3 Å². The van der Waals surface area contributed by atoms with Crippen LogP contribution in [0.5, 0.6) is 0 Å². The predicted octanol–water partition coefficient (Wildman–Crippen LogP) is -1.25. The highest BCUT2D eigenvalue weighted by Crippen LogP contribution is 2.18. The number of hydrogen-bond donors (Lipinski definition) is 2. The topological polar surface area (TPSA) is 90.0 Å². The van der Waals surface area contributed by atoms with Crippen LogP contribution in [-0.4, -0.2) is 77.4 Å². The van der Waals surface area contributed by atoms with Crippen molar-refractivity contribution >= 4 is 17.6 Å². The third kappa shape index (κ3) is 3.59. The lowest BCUT2D eigenvalue weighted by Gasteiger charge is -2.24. The van der Waals surface area contributed by atoms with Gasteiger partial charge in [0.1, 0.15) is 0 Å². The fraction of sp³-hybridized carbons (Fsp3) is 0.786. The number of likely N-dealkylation sites (tertiary alicyclic amines) is 2. The van der Waals surface area contributed by atoms with Gasteiger partial charge in [0.25, 0.3) is 0 Å². The minimum absolute atomic E-state index is 0.00850. The number of nitrogens with zero attached hydrogens (tertiary/aromatic N) is 2. The van der Waals surface area contributed by atoms with Gasteiger partial charge >= 0.3 is 0 Å². The quantitative estimate of drug-likeness (QED) is 0.676. The van der Waals surface area contributed by atoms with E-state index < -0.39 is 12.1 Å². The summed E-state index contributed by atoms with van der Waals surface area (Å²) in [6.45, 7) is 2.43. The van der Waals surface area contributed by atoms with Crippen LogP contribution in [0.3, 0.4) is 0 Å². The average molecular weight is 297 g/mol. The van der Waals surface area contributed by atoms with E-state index in [4.69, 9.17) is 0 Å². The van der Waals surface area contributed by atoms with Gasteiger partial charge in [0, 0.05) is 13.1 Å². The van der Waals surface area contributed by atoms with E-state index >= 15 is 0 Å². The van der Waals surface area contributed by atoms with Crippen molar-refractivity contribution in [2.45, 2.75) is 44.4 Å². The summed E-state index contributed by atoms with van der Waals surface area (Å²) in [5, 5.41) is 12.1. The van der Waals surface area contributed by atoms with Gasteiger partial charge in [0.2, 0.25) is 11.8 Å². The molecule has 0 radical (unpaired) electrons. The van der Waals surface area contributed by atoms with E-state index in [9.17, 15) is 19.5 Å². The molecule has 7 nitrogen and oxygen atoms in total. The number of likely N-dealkylation sites (N-methyl/N-ethyl adjacent to an activating group) is 1. The summed E-state index contributed by atoms with van der Waals surface area (Å²) in [5.41, 5.74) is 0. The molecule has 3 unspecified atom stereocenters. The molecule has 2 saturated heterocycles. The second-order valence-electron chi connectivity index (χ2n) is 5.92. The molecule has 21 heavy (non-hydrogen) atoms. The molecular formula is C14H23N3O4. The molecule has 0 aliphatic carbocycles. The molecule has 2 amide bonds. The molecule has 0 bridgehead atoms. The maximum atomic E-state index is 12.1. The van der Waals surface area contributed by atoms with E-state index in [-0.39, 0.29) is 30.2 Å². The number of aliphatic hydroxyl groups is 1. The summed E-state index contributed by atoms with van der Waals surface area (Å²) in [7, 11) is 1.77. The normalized spacial score (nSPS) is 29.7. The molecule has 118 valence electrons. The van der Waals surface area contributed by atoms with Crippen molar-refractivity contribution in [3.63, 3.8) is 0 Å². The molecule has 2 aliphatic heterocycles. The van der Waals surface area contributed by atoms with Gasteiger partial charge in [-0.2, -0.15) is 0 Å². The number of nitrogens with one attached hydrogen (secondary N) is 1. The Kier molecular flexibility index (Phi) is 4.95. The summed E-state index contributed by atoms with van der Waals surface area (Å²) in [6, 6.07) is -0.736. The molecule has 7 heteroatoms. The van der Waals surface area contributed by atoms with E-state index in [2.05, 4.69) is 5.32 Å². The maximum absolute atomic E-state index is 12.1. The van der Waals surface area contributed by atoms with Gasteiger partial charge in [-0.3, -0.25) is 19.3 Å². The van der Waals surface area contributed by atoms with E-state index in [1.165, 1.54) is 6.92 Å². The van der Waals surface area contributed by atoms with Gasteiger partial charge in [-0.1, -0.05) is 0 Å². The molecular weight excluding hydrogens is 274 g/mol. The van der Waals surface area contributed by atoms with Gasteiger partial charge in [0.15, 0.2) is 5.78 Å². The van der Waals surface area contributed by atoms with Crippen LogP contribution in [0.1, 0.15) is 26.2 Å². The molecule has 0 aromatic carbocycles. The van der Waals surface area contributed by atoms with Crippen LogP contribution in [0.25, 0.3) is 0 Å². The molecule has 0 spiro atoms. The highest BCUT2D eigenvalue weighted by Gasteiger charge is 2.35. The third-order valence-corrected chi connectivity index (χ3v) is 4.29. The maximum Gasteiger partial charge on any atom is 0.242 e. The number of hydrogen-bond acceptors (Lipinski definition) is 5. The lowest BCUT2D eigenvalue weighted by Crippen LogP contribution is -2.48. The van der Waals surface area contributed by atoms with Crippen molar-refractivity contribution in [3.8, 4) is 0 Å². The Morgan fingerprint density at radius 2 is 2.00 bits per heavy atom. The molecule has 0 saturated carbocycles. The number of β-amino-alcohol motifs (C(OH)–C–C–N with tert-alkyl or cyclic N) is 1. The Labute approximate surface area is 124 Å². The Balaban J connectivity index is 1.84. The van der Waals surface area contributed by atoms with Gasteiger partial charge in [0.05, 0.1) is 24.7 Å². The van der Waals surface area contributed by atoms with Gasteiger partial charge in [-0.25, -0.2) is 0 Å². The van der Waals surface area contributed by atoms with Crippen LogP contribution in [-0.2, 0) is 14.4 Å². The number of carbonyl (C=O) groups is 3. The van der Waals surface area contributed by atoms with Crippen LogP contribution in [0, 0.1) is 0 Å². The predicted molar refractivity (Wildman–Crippen MR) is 75.5 cm³/mol. The first-order valence-electron chi connectivity index (χ1n) is 7.36. The van der Waals surface area contributed by atoms with Crippen LogP contribution in [0.4, 0.5) is 0 Å². The lowest BCUT2D eigenvalue weighted by molar-refractivity contribution is -0.137. The number of ketones is 1. The molecule has 3 atom stereocenters. The monoisotopic (exact) mass is 297 g/mol. The fourth-order valence-electron chi connectivity index (χ4n) is 3.15. The van der Waals surface area contributed by atoms with E-state index in [0.29, 0.717) is 25.9 Å². The van der Waals surface area contributed by atoms with Gasteiger partial charge in [-0.05, 0) is 33.2 Å².